The molecule has 1 amide bonds. The molecule has 0 radical (unpaired) electrons. The summed E-state index contributed by atoms with van der Waals surface area (Å²) in [5.41, 5.74) is 1.94. The molecular weight excluding hydrogens is 336 g/mol. The Morgan fingerprint density at radius 1 is 1.17 bits per heavy atom. The van der Waals surface area contributed by atoms with Crippen LogP contribution in [0.2, 0.25) is 0 Å². The summed E-state index contributed by atoms with van der Waals surface area (Å²) in [5.74, 6) is 1.03. The molecule has 24 heavy (non-hydrogen) atoms. The molecule has 0 unspecified atom stereocenters. The number of methoxy groups -OCH3 is 3. The summed E-state index contributed by atoms with van der Waals surface area (Å²) >= 11 is 0. The minimum absolute atomic E-state index is 0.00426. The van der Waals surface area contributed by atoms with Gasteiger partial charge in [-0.2, -0.15) is 4.31 Å². The van der Waals surface area contributed by atoms with Gasteiger partial charge in [-0.05, 0) is 29.7 Å². The highest BCUT2D eigenvalue weighted by Gasteiger charge is 2.27. The molecule has 0 aliphatic carbocycles. The number of ether oxygens (including phenoxy) is 3. The predicted octanol–water partition coefficient (Wildman–Crippen LogP) is 0.748. The van der Waals surface area contributed by atoms with Crippen LogP contribution < -0.4 is 14.8 Å². The van der Waals surface area contributed by atoms with E-state index < -0.39 is 16.1 Å². The van der Waals surface area contributed by atoms with Crippen molar-refractivity contribution in [1.82, 2.24) is 9.62 Å². The monoisotopic (exact) mass is 358 g/mol. The van der Waals surface area contributed by atoms with Gasteiger partial charge in [0.25, 0.3) is 0 Å². The summed E-state index contributed by atoms with van der Waals surface area (Å²) in [4.78, 5) is 11.0. The lowest BCUT2D eigenvalue weighted by Crippen LogP contribution is -2.40. The van der Waals surface area contributed by atoms with E-state index in [9.17, 15) is 13.2 Å². The SMILES string of the molecule is COC(=O)NCCS(=O)(=O)N1CCc2cc(OC)c(OC)cc2C1. The van der Waals surface area contributed by atoms with Crippen molar-refractivity contribution in [3.63, 3.8) is 0 Å². The Balaban J connectivity index is 2.09. The van der Waals surface area contributed by atoms with Gasteiger partial charge in [0.05, 0.1) is 27.1 Å². The van der Waals surface area contributed by atoms with Gasteiger partial charge in [-0.15, -0.1) is 0 Å². The molecule has 8 nitrogen and oxygen atoms in total. The first-order chi connectivity index (χ1) is 11.4. The van der Waals surface area contributed by atoms with Gasteiger partial charge >= 0.3 is 6.09 Å². The first-order valence-corrected chi connectivity index (χ1v) is 9.05. The van der Waals surface area contributed by atoms with Crippen molar-refractivity contribution in [2.24, 2.45) is 0 Å². The van der Waals surface area contributed by atoms with Crippen molar-refractivity contribution >= 4 is 16.1 Å². The molecular formula is C15H22N2O6S. The zero-order valence-electron chi connectivity index (χ0n) is 14.0. The normalized spacial score (nSPS) is 14.6. The summed E-state index contributed by atoms with van der Waals surface area (Å²) in [6.07, 6.45) is -0.0506. The maximum absolute atomic E-state index is 12.4. The molecule has 0 bridgehead atoms. The second-order valence-corrected chi connectivity index (χ2v) is 7.38. The smallest absolute Gasteiger partial charge is 0.406 e. The second kappa shape index (κ2) is 7.71. The fraction of sp³-hybridized carbons (Fsp3) is 0.533. The number of rotatable bonds is 6. The minimum atomic E-state index is -3.47. The summed E-state index contributed by atoms with van der Waals surface area (Å²) in [6.45, 7) is 0.670. The number of sulfonamides is 1. The third-order valence-electron chi connectivity index (χ3n) is 3.89. The van der Waals surface area contributed by atoms with Crippen LogP contribution in [0.15, 0.2) is 12.1 Å². The number of nitrogens with one attached hydrogen (secondary N) is 1. The van der Waals surface area contributed by atoms with E-state index >= 15 is 0 Å². The quantitative estimate of drug-likeness (QED) is 0.806. The maximum Gasteiger partial charge on any atom is 0.406 e. The van der Waals surface area contributed by atoms with E-state index in [0.717, 1.165) is 11.1 Å². The highest BCUT2D eigenvalue weighted by atomic mass is 32.2. The molecule has 0 fully saturated rings. The number of carbonyl (C=O) groups excluding carboxylic acids is 1. The van der Waals surface area contributed by atoms with Gasteiger partial charge in [0, 0.05) is 19.6 Å². The molecule has 0 saturated heterocycles. The summed E-state index contributed by atoms with van der Waals surface area (Å²) < 4.78 is 41.2. The van der Waals surface area contributed by atoms with Crippen LogP contribution in [-0.2, 0) is 27.7 Å². The van der Waals surface area contributed by atoms with Gasteiger partial charge in [0.2, 0.25) is 10.0 Å². The van der Waals surface area contributed by atoms with Gasteiger partial charge in [-0.25, -0.2) is 13.2 Å². The lowest BCUT2D eigenvalue weighted by Gasteiger charge is -2.29. The van der Waals surface area contributed by atoms with Gasteiger partial charge in [0.15, 0.2) is 11.5 Å². The van der Waals surface area contributed by atoms with Crippen LogP contribution in [-0.4, -0.2) is 59.0 Å². The largest absolute Gasteiger partial charge is 0.493 e. The number of carbonyl (C=O) groups is 1. The topological polar surface area (TPSA) is 94.2 Å². The van der Waals surface area contributed by atoms with E-state index in [2.05, 4.69) is 10.1 Å². The Morgan fingerprint density at radius 2 is 1.79 bits per heavy atom. The summed E-state index contributed by atoms with van der Waals surface area (Å²) in [5, 5.41) is 2.38. The van der Waals surface area contributed by atoms with E-state index in [1.54, 1.807) is 14.2 Å². The zero-order valence-corrected chi connectivity index (χ0v) is 14.8. The van der Waals surface area contributed by atoms with Crippen molar-refractivity contribution in [2.45, 2.75) is 13.0 Å². The van der Waals surface area contributed by atoms with Crippen molar-refractivity contribution in [3.05, 3.63) is 23.3 Å². The van der Waals surface area contributed by atoms with Crippen LogP contribution in [0.25, 0.3) is 0 Å². The molecule has 1 aromatic rings. The molecule has 134 valence electrons. The maximum atomic E-state index is 12.4. The van der Waals surface area contributed by atoms with E-state index in [1.165, 1.54) is 11.4 Å². The molecule has 1 aliphatic rings. The first kappa shape index (κ1) is 18.3. The van der Waals surface area contributed by atoms with Crippen molar-refractivity contribution in [3.8, 4) is 11.5 Å². The number of amides is 1. The third-order valence-corrected chi connectivity index (χ3v) is 5.71. The van der Waals surface area contributed by atoms with E-state index in [4.69, 9.17) is 9.47 Å². The van der Waals surface area contributed by atoms with Crippen molar-refractivity contribution in [2.75, 3.05) is 40.2 Å². The van der Waals surface area contributed by atoms with Gasteiger partial charge in [-0.3, -0.25) is 0 Å². The molecule has 2 rings (SSSR count). The molecule has 0 aromatic heterocycles. The van der Waals surface area contributed by atoms with Crippen LogP contribution in [0.3, 0.4) is 0 Å². The van der Waals surface area contributed by atoms with Crippen LogP contribution in [0.1, 0.15) is 11.1 Å². The zero-order chi connectivity index (χ0) is 17.7. The van der Waals surface area contributed by atoms with Crippen LogP contribution >= 0.6 is 0 Å². The standard InChI is InChI=1S/C15H22N2O6S/c1-21-13-8-11-4-6-17(10-12(11)9-14(13)22-2)24(19,20)7-5-16-15(18)23-3/h8-9H,4-7,10H2,1-3H3,(H,16,18). The Morgan fingerprint density at radius 3 is 2.38 bits per heavy atom. The number of fused-ring (bicyclic) bond motifs is 1. The number of hydrogen-bond acceptors (Lipinski definition) is 6. The Labute approximate surface area is 141 Å². The Kier molecular flexibility index (Phi) is 5.89. The summed E-state index contributed by atoms with van der Waals surface area (Å²) in [6, 6.07) is 3.69. The number of benzene rings is 1. The Hall–Kier alpha value is -2.00. The van der Waals surface area contributed by atoms with Crippen molar-refractivity contribution in [1.29, 1.82) is 0 Å². The van der Waals surface area contributed by atoms with Crippen LogP contribution in [0.4, 0.5) is 4.79 Å². The van der Waals surface area contributed by atoms with Gasteiger partial charge < -0.3 is 19.5 Å². The van der Waals surface area contributed by atoms with E-state index in [0.29, 0.717) is 24.5 Å². The van der Waals surface area contributed by atoms with E-state index in [1.807, 2.05) is 12.1 Å². The van der Waals surface area contributed by atoms with Crippen LogP contribution in [0.5, 0.6) is 11.5 Å². The third kappa shape index (κ3) is 4.09. The predicted molar refractivity (Wildman–Crippen MR) is 87.9 cm³/mol. The lowest BCUT2D eigenvalue weighted by atomic mass is 10.0. The van der Waals surface area contributed by atoms with E-state index in [-0.39, 0.29) is 18.8 Å². The van der Waals surface area contributed by atoms with Gasteiger partial charge in [-0.1, -0.05) is 0 Å². The molecule has 1 aliphatic heterocycles. The molecule has 9 heteroatoms. The second-order valence-electron chi connectivity index (χ2n) is 5.29. The lowest BCUT2D eigenvalue weighted by molar-refractivity contribution is 0.171. The molecule has 0 saturated carbocycles. The molecule has 1 N–H and O–H groups in total. The van der Waals surface area contributed by atoms with Crippen LogP contribution in [0, 0.1) is 0 Å². The minimum Gasteiger partial charge on any atom is -0.493 e. The van der Waals surface area contributed by atoms with Gasteiger partial charge in [0.1, 0.15) is 0 Å². The highest BCUT2D eigenvalue weighted by Crippen LogP contribution is 2.33. The first-order valence-electron chi connectivity index (χ1n) is 7.44. The summed E-state index contributed by atoms with van der Waals surface area (Å²) in [7, 11) is 0.864. The molecule has 1 heterocycles. The van der Waals surface area contributed by atoms with Crippen molar-refractivity contribution < 1.29 is 27.4 Å². The number of nitrogens with zero attached hydrogens (tertiary/aromatic N) is 1. The Bertz CT molecular complexity index is 704. The molecule has 0 atom stereocenters. The average molecular weight is 358 g/mol. The fourth-order valence-corrected chi connectivity index (χ4v) is 3.90. The highest BCUT2D eigenvalue weighted by molar-refractivity contribution is 7.89. The number of hydrogen-bond donors (Lipinski definition) is 1. The average Bonchev–Trinajstić information content (AvgIpc) is 2.59. The molecule has 0 spiro atoms. The fourth-order valence-electron chi connectivity index (χ4n) is 2.58. The number of alkyl carbamates (subject to hydrolysis) is 1. The molecule has 1 aromatic carbocycles.